The van der Waals surface area contributed by atoms with Crippen LogP contribution in [-0.4, -0.2) is 87.1 Å². The second-order valence-corrected chi connectivity index (χ2v) is 9.51. The summed E-state index contributed by atoms with van der Waals surface area (Å²) in [4.78, 5) is 65.7. The number of nitrogens with zero attached hydrogens (tertiary/aromatic N) is 3. The molecule has 230 valence electrons. The van der Waals surface area contributed by atoms with Crippen LogP contribution in [0.3, 0.4) is 0 Å². The van der Waals surface area contributed by atoms with Gasteiger partial charge in [0.05, 0.1) is 25.4 Å². The molecule has 5 heterocycles. The molecule has 18 nitrogen and oxygen atoms in total. The number of nitrogen functional groups attached to an aromatic ring is 1. The van der Waals surface area contributed by atoms with Crippen molar-refractivity contribution in [1.29, 1.82) is 0 Å². The lowest BCUT2D eigenvalue weighted by atomic mass is 10.2. The Morgan fingerprint density at radius 2 is 1.29 bits per heavy atom. The number of aromatic nitrogens is 6. The van der Waals surface area contributed by atoms with Crippen LogP contribution >= 0.6 is 0 Å². The van der Waals surface area contributed by atoms with E-state index in [-0.39, 0.29) is 31.9 Å². The number of H-pyrrole nitrogens is 3. The Hall–Kier alpha value is -4.20. The van der Waals surface area contributed by atoms with Crippen molar-refractivity contribution in [3.63, 3.8) is 0 Å². The molecule has 9 N–H and O–H groups in total. The molecule has 0 aliphatic carbocycles. The second-order valence-electron chi connectivity index (χ2n) is 9.51. The summed E-state index contributed by atoms with van der Waals surface area (Å²) in [6.07, 6.45) is 0.288. The Morgan fingerprint density at radius 1 is 0.857 bits per heavy atom. The van der Waals surface area contributed by atoms with Crippen molar-refractivity contribution in [2.24, 2.45) is 0 Å². The van der Waals surface area contributed by atoms with Crippen molar-refractivity contribution in [2.45, 2.75) is 63.6 Å². The normalized spacial score (nSPS) is 24.8. The first-order chi connectivity index (χ1) is 19.8. The predicted molar refractivity (Wildman–Crippen MR) is 145 cm³/mol. The van der Waals surface area contributed by atoms with Gasteiger partial charge in [0, 0.05) is 42.6 Å². The van der Waals surface area contributed by atoms with Crippen LogP contribution in [0.25, 0.3) is 0 Å². The summed E-state index contributed by atoms with van der Waals surface area (Å²) in [5.41, 5.74) is 3.43. The fourth-order valence-corrected chi connectivity index (χ4v) is 4.09. The first-order valence-corrected chi connectivity index (χ1v) is 12.7. The Bertz CT molecular complexity index is 1550. The van der Waals surface area contributed by atoms with E-state index in [1.807, 2.05) is 0 Å². The lowest BCUT2D eigenvalue weighted by molar-refractivity contribution is -0.0459. The molecular formula is C24H33N7O11. The van der Waals surface area contributed by atoms with Gasteiger partial charge in [-0.25, -0.2) is 14.4 Å². The van der Waals surface area contributed by atoms with Crippen molar-refractivity contribution >= 4 is 5.82 Å². The molecule has 18 heteroatoms. The van der Waals surface area contributed by atoms with Gasteiger partial charge in [-0.3, -0.25) is 28.7 Å². The summed E-state index contributed by atoms with van der Waals surface area (Å²) in [6, 6.07) is 1.52. The van der Waals surface area contributed by atoms with Crippen LogP contribution in [0.2, 0.25) is 0 Å². The lowest BCUT2D eigenvalue weighted by Gasteiger charge is -2.14. The van der Waals surface area contributed by atoms with Gasteiger partial charge in [-0.05, 0) is 19.9 Å². The smallest absolute Gasteiger partial charge is 0.346 e. The first kappa shape index (κ1) is 32.3. The molecule has 0 amide bonds. The molecule has 0 bridgehead atoms. The summed E-state index contributed by atoms with van der Waals surface area (Å²) in [7, 11) is 0. The minimum Gasteiger partial charge on any atom is -0.394 e. The van der Waals surface area contributed by atoms with E-state index in [0.717, 1.165) is 0 Å². The minimum absolute atomic E-state index is 0.205. The third kappa shape index (κ3) is 7.96. The maximum atomic E-state index is 11.6. The van der Waals surface area contributed by atoms with Gasteiger partial charge in [0.2, 0.25) is 0 Å². The molecule has 3 aromatic rings. The molecule has 2 aliphatic heterocycles. The molecule has 5 rings (SSSR count). The zero-order valence-electron chi connectivity index (χ0n) is 22.7. The number of aromatic amines is 3. The Kier molecular flexibility index (Phi) is 10.9. The summed E-state index contributed by atoms with van der Waals surface area (Å²) in [5, 5.41) is 37.0. The van der Waals surface area contributed by atoms with E-state index in [4.69, 9.17) is 25.4 Å². The molecule has 0 unspecified atom stereocenters. The molecule has 2 fully saturated rings. The molecule has 2 aliphatic rings. The highest BCUT2D eigenvalue weighted by Crippen LogP contribution is 2.28. The number of anilines is 1. The van der Waals surface area contributed by atoms with Gasteiger partial charge in [-0.15, -0.1) is 0 Å². The number of aliphatic hydroxyl groups excluding tert-OH is 4. The van der Waals surface area contributed by atoms with Gasteiger partial charge in [0.25, 0.3) is 11.1 Å². The fraction of sp³-hybridized carbons (Fsp3) is 0.500. The highest BCUT2D eigenvalue weighted by Gasteiger charge is 2.36. The van der Waals surface area contributed by atoms with Gasteiger partial charge in [-0.2, -0.15) is 4.98 Å². The number of aliphatic hydroxyl groups is 4. The van der Waals surface area contributed by atoms with E-state index in [2.05, 4.69) is 19.9 Å². The molecule has 0 saturated carbocycles. The molecule has 6 atom stereocenters. The van der Waals surface area contributed by atoms with E-state index in [9.17, 15) is 34.2 Å². The monoisotopic (exact) mass is 595 g/mol. The third-order valence-electron chi connectivity index (χ3n) is 6.37. The average molecular weight is 596 g/mol. The number of hydrogen-bond donors (Lipinski definition) is 8. The lowest BCUT2D eigenvalue weighted by Crippen LogP contribution is -2.33. The van der Waals surface area contributed by atoms with E-state index < -0.39 is 65.1 Å². The first-order valence-electron chi connectivity index (χ1n) is 12.7. The SMILES string of the molecule is Cc1cn([C@H]2C[C@H](O)[C@@H](CO)O2)c(=O)[nH]c1=O.Cc1cn([C@H]2C[C@H](O)[C@@H](CO)O2)c(=O)[nH]c1=O.Nc1cc[nH]c(=O)n1. The van der Waals surface area contributed by atoms with E-state index in [1.54, 1.807) is 13.8 Å². The average Bonchev–Trinajstić information content (AvgIpc) is 3.50. The Balaban J connectivity index is 0.000000184. The topological polar surface area (TPSA) is 281 Å². The molecule has 42 heavy (non-hydrogen) atoms. The molecule has 2 saturated heterocycles. The van der Waals surface area contributed by atoms with E-state index >= 15 is 0 Å². The summed E-state index contributed by atoms with van der Waals surface area (Å²) in [5.74, 6) is 0.244. The van der Waals surface area contributed by atoms with Crippen LogP contribution in [0.15, 0.2) is 48.6 Å². The van der Waals surface area contributed by atoms with Crippen LogP contribution in [-0.2, 0) is 9.47 Å². The van der Waals surface area contributed by atoms with Crippen molar-refractivity contribution in [1.82, 2.24) is 29.1 Å². The summed E-state index contributed by atoms with van der Waals surface area (Å²) >= 11 is 0. The number of nitrogens with one attached hydrogen (secondary N) is 3. The predicted octanol–water partition coefficient (Wildman–Crippen LogP) is -3.68. The maximum absolute atomic E-state index is 11.6. The van der Waals surface area contributed by atoms with E-state index in [1.165, 1.54) is 33.8 Å². The number of hydrogen-bond acceptors (Lipinski definition) is 13. The van der Waals surface area contributed by atoms with Gasteiger partial charge in [-0.1, -0.05) is 0 Å². The molecule has 3 aromatic heterocycles. The zero-order chi connectivity index (χ0) is 31.1. The number of nitrogens with two attached hydrogens (primary N) is 1. The highest BCUT2D eigenvalue weighted by molar-refractivity contribution is 5.22. The van der Waals surface area contributed by atoms with Crippen molar-refractivity contribution in [3.05, 3.63) is 87.9 Å². The largest absolute Gasteiger partial charge is 0.394 e. The van der Waals surface area contributed by atoms with Crippen LogP contribution in [0, 0.1) is 13.8 Å². The maximum Gasteiger partial charge on any atom is 0.346 e. The Labute approximate surface area is 235 Å². The van der Waals surface area contributed by atoms with Gasteiger partial charge in [0.15, 0.2) is 0 Å². The van der Waals surface area contributed by atoms with Crippen molar-refractivity contribution in [3.8, 4) is 0 Å². The molecule has 0 spiro atoms. The quantitative estimate of drug-likeness (QED) is 0.144. The van der Waals surface area contributed by atoms with E-state index in [0.29, 0.717) is 11.1 Å². The van der Waals surface area contributed by atoms with Gasteiger partial charge in [0.1, 0.15) is 30.5 Å². The van der Waals surface area contributed by atoms with Crippen LogP contribution in [0.5, 0.6) is 0 Å². The van der Waals surface area contributed by atoms with Crippen molar-refractivity contribution in [2.75, 3.05) is 18.9 Å². The Morgan fingerprint density at radius 3 is 1.60 bits per heavy atom. The molecule has 0 aromatic carbocycles. The zero-order valence-corrected chi connectivity index (χ0v) is 22.7. The highest BCUT2D eigenvalue weighted by atomic mass is 16.5. The third-order valence-corrected chi connectivity index (χ3v) is 6.37. The van der Waals surface area contributed by atoms with Crippen LogP contribution in [0.4, 0.5) is 5.82 Å². The van der Waals surface area contributed by atoms with Crippen molar-refractivity contribution < 1.29 is 29.9 Å². The number of rotatable bonds is 4. The molecular weight excluding hydrogens is 562 g/mol. The van der Waals surface area contributed by atoms with Crippen LogP contribution < -0.4 is 33.9 Å². The minimum atomic E-state index is -0.816. The fourth-order valence-electron chi connectivity index (χ4n) is 4.09. The van der Waals surface area contributed by atoms with Crippen LogP contribution in [0.1, 0.15) is 36.4 Å². The number of aryl methyl sites for hydroxylation is 2. The summed E-state index contributed by atoms with van der Waals surface area (Å²) in [6.45, 7) is 2.52. The number of ether oxygens (including phenoxy) is 2. The van der Waals surface area contributed by atoms with Gasteiger partial charge >= 0.3 is 17.1 Å². The van der Waals surface area contributed by atoms with Gasteiger partial charge < -0.3 is 40.6 Å². The molecule has 0 radical (unpaired) electrons. The second kappa shape index (κ2) is 14.1. The standard InChI is InChI=1S/2C10H14N2O5.C4H5N3O/c2*1-5-3-12(10(16)11-9(5)15)8-2-6(14)7(4-13)17-8;5-3-1-2-6-4(8)7-3/h2*3,6-8,13-14H,2,4H2,1H3,(H,11,15,16);1-2H,(H3,5,6,7,8)/t2*6-,7+,8+;/m00./s1. The summed E-state index contributed by atoms with van der Waals surface area (Å²) < 4.78 is 13.1.